The smallest absolute Gasteiger partial charge is 0.222 e. The predicted octanol–water partition coefficient (Wildman–Crippen LogP) is 2.82. The molecule has 7 nitrogen and oxygen atoms in total. The molecule has 170 valence electrons. The number of ether oxygens (including phenoxy) is 2. The lowest BCUT2D eigenvalue weighted by molar-refractivity contribution is -0.132. The van der Waals surface area contributed by atoms with E-state index in [2.05, 4.69) is 15.2 Å². The molecule has 0 aromatic heterocycles. The van der Waals surface area contributed by atoms with Crippen molar-refractivity contribution in [1.82, 2.24) is 15.1 Å². The molecule has 0 bridgehead atoms. The van der Waals surface area contributed by atoms with Crippen LogP contribution in [-0.4, -0.2) is 69.1 Å². The summed E-state index contributed by atoms with van der Waals surface area (Å²) in [6.45, 7) is 4.40. The fourth-order valence-corrected chi connectivity index (χ4v) is 5.23. The number of benzene rings is 1. The Morgan fingerprint density at radius 1 is 1.10 bits per heavy atom. The first-order valence-electron chi connectivity index (χ1n) is 11.5. The normalized spacial score (nSPS) is 19.8. The number of rotatable bonds is 6. The molecule has 1 saturated carbocycles. The first-order valence-corrected chi connectivity index (χ1v) is 11.5. The molecule has 0 atom stereocenters. The van der Waals surface area contributed by atoms with E-state index in [0.717, 1.165) is 62.0 Å². The number of guanidine groups is 1. The average Bonchev–Trinajstić information content (AvgIpc) is 3.24. The number of methoxy groups -OCH3 is 2. The molecule has 0 unspecified atom stereocenters. The molecule has 2 heterocycles. The minimum atomic E-state index is 0.215. The molecular weight excluding hydrogens is 392 g/mol. The zero-order valence-electron chi connectivity index (χ0n) is 19.2. The van der Waals surface area contributed by atoms with E-state index in [1.165, 1.54) is 31.2 Å². The van der Waals surface area contributed by atoms with Gasteiger partial charge >= 0.3 is 0 Å². The van der Waals surface area contributed by atoms with Crippen molar-refractivity contribution in [2.24, 2.45) is 10.4 Å². The Balaban J connectivity index is 1.23. The van der Waals surface area contributed by atoms with E-state index in [-0.39, 0.29) is 5.91 Å². The quantitative estimate of drug-likeness (QED) is 0.429. The van der Waals surface area contributed by atoms with Crippen LogP contribution in [0.5, 0.6) is 11.5 Å². The average molecular weight is 429 g/mol. The van der Waals surface area contributed by atoms with Crippen LogP contribution in [0.3, 0.4) is 0 Å². The predicted molar refractivity (Wildman–Crippen MR) is 122 cm³/mol. The third-order valence-corrected chi connectivity index (χ3v) is 7.29. The number of carbonyl (C=O) groups excluding carboxylic acids is 1. The lowest BCUT2D eigenvalue weighted by atomic mass is 9.68. The van der Waals surface area contributed by atoms with Crippen LogP contribution in [0, 0.1) is 5.41 Å². The van der Waals surface area contributed by atoms with Crippen molar-refractivity contribution in [1.29, 1.82) is 0 Å². The van der Waals surface area contributed by atoms with Crippen molar-refractivity contribution in [3.05, 3.63) is 23.3 Å². The Morgan fingerprint density at radius 3 is 2.45 bits per heavy atom. The Morgan fingerprint density at radius 2 is 1.84 bits per heavy atom. The molecule has 7 heteroatoms. The van der Waals surface area contributed by atoms with E-state index < -0.39 is 0 Å². The number of amides is 1. The monoisotopic (exact) mass is 428 g/mol. The number of carbonyl (C=O) groups is 1. The van der Waals surface area contributed by atoms with Crippen LogP contribution in [-0.2, 0) is 17.8 Å². The number of hydrogen-bond donors (Lipinski definition) is 1. The summed E-state index contributed by atoms with van der Waals surface area (Å²) in [5.41, 5.74) is 2.95. The Hall–Kier alpha value is -2.44. The molecule has 31 heavy (non-hydrogen) atoms. The van der Waals surface area contributed by atoms with Gasteiger partial charge in [-0.05, 0) is 60.8 Å². The maximum atomic E-state index is 12.8. The van der Waals surface area contributed by atoms with Crippen LogP contribution in [0.1, 0.15) is 49.7 Å². The summed E-state index contributed by atoms with van der Waals surface area (Å²) >= 11 is 0. The largest absolute Gasteiger partial charge is 0.493 e. The molecule has 1 aromatic rings. The summed E-state index contributed by atoms with van der Waals surface area (Å²) in [7, 11) is 5.15. The Kier molecular flexibility index (Phi) is 6.58. The van der Waals surface area contributed by atoms with Crippen molar-refractivity contribution in [3.8, 4) is 11.5 Å². The fraction of sp³-hybridized carbons (Fsp3) is 0.667. The van der Waals surface area contributed by atoms with Gasteiger partial charge in [-0.2, -0.15) is 0 Å². The second kappa shape index (κ2) is 9.37. The van der Waals surface area contributed by atoms with Gasteiger partial charge in [0.25, 0.3) is 0 Å². The van der Waals surface area contributed by atoms with Crippen molar-refractivity contribution in [2.45, 2.75) is 51.5 Å². The number of nitrogens with zero attached hydrogens (tertiary/aromatic N) is 3. The first-order chi connectivity index (χ1) is 15.1. The SMILES string of the molecule is CN=C(NCCCC(=O)N1CCc2cc(OC)c(OC)cc2C1)N1CCC2(CCC2)C1. The molecule has 3 aliphatic rings. The second-order valence-electron chi connectivity index (χ2n) is 9.14. The number of likely N-dealkylation sites (tertiary alicyclic amines) is 1. The molecular formula is C24H36N4O3. The van der Waals surface area contributed by atoms with Gasteiger partial charge in [0.2, 0.25) is 5.91 Å². The van der Waals surface area contributed by atoms with Gasteiger partial charge in [-0.3, -0.25) is 9.79 Å². The molecule has 1 amide bonds. The zero-order chi connectivity index (χ0) is 21.8. The topological polar surface area (TPSA) is 66.4 Å². The third-order valence-electron chi connectivity index (χ3n) is 7.29. The minimum Gasteiger partial charge on any atom is -0.493 e. The standard InChI is InChI=1S/C24H36N4O3/c1-25-23(28-13-10-24(17-28)8-5-9-24)26-11-4-6-22(29)27-12-7-18-14-20(30-2)21(31-3)15-19(18)16-27/h14-15H,4-13,16-17H2,1-3H3,(H,25,26). The van der Waals surface area contributed by atoms with E-state index >= 15 is 0 Å². The van der Waals surface area contributed by atoms with Gasteiger partial charge in [0.15, 0.2) is 17.5 Å². The Bertz CT molecular complexity index is 834. The van der Waals surface area contributed by atoms with Gasteiger partial charge in [-0.15, -0.1) is 0 Å². The van der Waals surface area contributed by atoms with Crippen molar-refractivity contribution < 1.29 is 14.3 Å². The Labute approximate surface area is 185 Å². The van der Waals surface area contributed by atoms with Gasteiger partial charge < -0.3 is 24.6 Å². The van der Waals surface area contributed by atoms with Crippen LogP contribution in [0.2, 0.25) is 0 Å². The van der Waals surface area contributed by atoms with E-state index in [0.29, 0.717) is 18.4 Å². The van der Waals surface area contributed by atoms with Crippen LogP contribution in [0.4, 0.5) is 0 Å². The second-order valence-corrected chi connectivity index (χ2v) is 9.14. The summed E-state index contributed by atoms with van der Waals surface area (Å²) in [6.07, 6.45) is 7.62. The molecule has 1 aliphatic carbocycles. The fourth-order valence-electron chi connectivity index (χ4n) is 5.23. The van der Waals surface area contributed by atoms with Gasteiger partial charge in [-0.1, -0.05) is 6.42 Å². The molecule has 2 aliphatic heterocycles. The number of aliphatic imine (C=N–C) groups is 1. The minimum absolute atomic E-state index is 0.215. The van der Waals surface area contributed by atoms with E-state index in [9.17, 15) is 4.79 Å². The van der Waals surface area contributed by atoms with Crippen molar-refractivity contribution in [2.75, 3.05) is 47.4 Å². The highest BCUT2D eigenvalue weighted by Gasteiger charge is 2.43. The van der Waals surface area contributed by atoms with E-state index in [4.69, 9.17) is 9.47 Å². The van der Waals surface area contributed by atoms with Crippen molar-refractivity contribution >= 4 is 11.9 Å². The highest BCUT2D eigenvalue weighted by molar-refractivity contribution is 5.80. The summed E-state index contributed by atoms with van der Waals surface area (Å²) in [5.74, 6) is 2.68. The maximum Gasteiger partial charge on any atom is 0.222 e. The molecule has 1 saturated heterocycles. The third kappa shape index (κ3) is 4.60. The summed E-state index contributed by atoms with van der Waals surface area (Å²) < 4.78 is 10.8. The van der Waals surface area contributed by atoms with Crippen LogP contribution in [0.15, 0.2) is 17.1 Å². The lowest BCUT2D eigenvalue weighted by Gasteiger charge is -2.38. The lowest BCUT2D eigenvalue weighted by Crippen LogP contribution is -2.43. The molecule has 1 N–H and O–H groups in total. The van der Waals surface area contributed by atoms with E-state index in [1.54, 1.807) is 14.2 Å². The van der Waals surface area contributed by atoms with E-state index in [1.807, 2.05) is 24.1 Å². The molecule has 0 radical (unpaired) electrons. The summed E-state index contributed by atoms with van der Waals surface area (Å²) in [5, 5.41) is 3.47. The molecule has 4 rings (SSSR count). The highest BCUT2D eigenvalue weighted by atomic mass is 16.5. The van der Waals surface area contributed by atoms with Crippen LogP contribution >= 0.6 is 0 Å². The first kappa shape index (κ1) is 21.8. The van der Waals surface area contributed by atoms with Gasteiger partial charge in [0.1, 0.15) is 0 Å². The van der Waals surface area contributed by atoms with Gasteiger partial charge in [-0.25, -0.2) is 0 Å². The maximum absolute atomic E-state index is 12.8. The number of hydrogen-bond acceptors (Lipinski definition) is 4. The summed E-state index contributed by atoms with van der Waals surface area (Å²) in [6, 6.07) is 4.04. The number of fused-ring (bicyclic) bond motifs is 1. The van der Waals surface area contributed by atoms with Gasteiger partial charge in [0.05, 0.1) is 14.2 Å². The highest BCUT2D eigenvalue weighted by Crippen LogP contribution is 2.47. The number of nitrogens with one attached hydrogen (secondary N) is 1. The van der Waals surface area contributed by atoms with Crippen molar-refractivity contribution in [3.63, 3.8) is 0 Å². The molecule has 2 fully saturated rings. The van der Waals surface area contributed by atoms with Crippen LogP contribution < -0.4 is 14.8 Å². The van der Waals surface area contributed by atoms with Crippen LogP contribution in [0.25, 0.3) is 0 Å². The zero-order valence-corrected chi connectivity index (χ0v) is 19.2. The molecule has 1 spiro atoms. The summed E-state index contributed by atoms with van der Waals surface area (Å²) in [4.78, 5) is 21.6. The van der Waals surface area contributed by atoms with Gasteiger partial charge in [0, 0.05) is 46.2 Å². The molecule has 1 aromatic carbocycles.